The molecule has 0 saturated carbocycles. The fourth-order valence-electron chi connectivity index (χ4n) is 1.24. The lowest BCUT2D eigenvalue weighted by molar-refractivity contribution is -0.593. The number of aromatic hydroxyl groups is 1. The standard InChI is InChI=1S/C5H7N5O4/c6-1-2-4(9(13)3(1)7)10(14)5(11)8(2)12/h11-13H,6-7H2. The molecule has 0 spiro atoms. The van der Waals surface area contributed by atoms with E-state index in [1.54, 1.807) is 0 Å². The van der Waals surface area contributed by atoms with Crippen molar-refractivity contribution in [3.05, 3.63) is 5.21 Å². The summed E-state index contributed by atoms with van der Waals surface area (Å²) in [6.07, 6.45) is 0. The number of fused-ring (bicyclic) bond motifs is 1. The van der Waals surface area contributed by atoms with Crippen LogP contribution in [0.2, 0.25) is 0 Å². The Balaban J connectivity index is 3.08. The largest absolute Gasteiger partial charge is 0.737 e. The summed E-state index contributed by atoms with van der Waals surface area (Å²) in [5.74, 6) is -0.289. The second kappa shape index (κ2) is 2.07. The topological polar surface area (TPSA) is 150 Å². The molecule has 0 aliphatic rings. The maximum atomic E-state index is 11.1. The molecule has 0 saturated heterocycles. The van der Waals surface area contributed by atoms with Gasteiger partial charge in [0.2, 0.25) is 11.3 Å². The van der Waals surface area contributed by atoms with Crippen LogP contribution in [0.25, 0.3) is 11.2 Å². The lowest BCUT2D eigenvalue weighted by Gasteiger charge is -1.99. The quantitative estimate of drug-likeness (QED) is 0.197. The van der Waals surface area contributed by atoms with E-state index >= 15 is 0 Å². The fourth-order valence-corrected chi connectivity index (χ4v) is 1.24. The molecule has 0 unspecified atom stereocenters. The molecule has 0 bridgehead atoms. The zero-order valence-corrected chi connectivity index (χ0v) is 6.75. The number of hydrogen-bond acceptors (Lipinski definition) is 6. The predicted molar refractivity (Wildman–Crippen MR) is 43.7 cm³/mol. The van der Waals surface area contributed by atoms with Crippen molar-refractivity contribution < 1.29 is 20.3 Å². The van der Waals surface area contributed by atoms with E-state index in [0.29, 0.717) is 0 Å². The van der Waals surface area contributed by atoms with Crippen LogP contribution >= 0.6 is 0 Å². The summed E-state index contributed by atoms with van der Waals surface area (Å²) < 4.78 is 0.312. The Labute approximate surface area is 76.1 Å². The summed E-state index contributed by atoms with van der Waals surface area (Å²) >= 11 is 0. The van der Waals surface area contributed by atoms with Crippen LogP contribution in [0.4, 0.5) is 11.5 Å². The van der Waals surface area contributed by atoms with Gasteiger partial charge in [-0.15, -0.1) is 0 Å². The van der Waals surface area contributed by atoms with Crippen molar-refractivity contribution >= 4 is 22.7 Å². The number of nitrogen functional groups attached to an aromatic ring is 2. The van der Waals surface area contributed by atoms with Crippen molar-refractivity contribution in [2.75, 3.05) is 11.5 Å². The molecule has 0 aliphatic heterocycles. The highest BCUT2D eigenvalue weighted by molar-refractivity contribution is 5.92. The maximum Gasteiger partial charge on any atom is 0.435 e. The van der Waals surface area contributed by atoms with Gasteiger partial charge in [0.1, 0.15) is 5.69 Å². The van der Waals surface area contributed by atoms with E-state index < -0.39 is 11.7 Å². The summed E-state index contributed by atoms with van der Waals surface area (Å²) in [7, 11) is 0. The van der Waals surface area contributed by atoms with Crippen LogP contribution in [0.1, 0.15) is 0 Å². The van der Waals surface area contributed by atoms with Gasteiger partial charge in [-0.3, -0.25) is 0 Å². The molecule has 2 aromatic rings. The third kappa shape index (κ3) is 0.620. The summed E-state index contributed by atoms with van der Waals surface area (Å²) in [5, 5.41) is 38.6. The monoisotopic (exact) mass is 201 g/mol. The van der Waals surface area contributed by atoms with Crippen LogP contribution in [0.3, 0.4) is 0 Å². The Hall–Kier alpha value is -2.45. The first-order valence-electron chi connectivity index (χ1n) is 3.48. The number of imidazole rings is 1. The molecule has 0 aliphatic carbocycles. The number of rotatable bonds is 0. The third-order valence-electron chi connectivity index (χ3n) is 1.95. The molecule has 14 heavy (non-hydrogen) atoms. The van der Waals surface area contributed by atoms with Gasteiger partial charge in [0.15, 0.2) is 0 Å². The zero-order chi connectivity index (χ0) is 10.6. The molecule has 0 fully saturated rings. The van der Waals surface area contributed by atoms with Gasteiger partial charge < -0.3 is 32.2 Å². The normalized spacial score (nSPS) is 11.1. The minimum atomic E-state index is -1.01. The summed E-state index contributed by atoms with van der Waals surface area (Å²) in [5.41, 5.74) is 9.75. The molecule has 76 valence electrons. The lowest BCUT2D eigenvalue weighted by atomic mass is 10.4. The van der Waals surface area contributed by atoms with E-state index in [0.717, 1.165) is 0 Å². The predicted octanol–water partition coefficient (Wildman–Crippen LogP) is -1.58. The van der Waals surface area contributed by atoms with E-state index in [9.17, 15) is 15.6 Å². The molecule has 2 heterocycles. The van der Waals surface area contributed by atoms with Crippen molar-refractivity contribution in [2.24, 2.45) is 0 Å². The van der Waals surface area contributed by atoms with Crippen LogP contribution in [-0.2, 0) is 0 Å². The molecule has 0 radical (unpaired) electrons. The second-order valence-electron chi connectivity index (χ2n) is 2.69. The smallest absolute Gasteiger partial charge is 0.435 e. The molecular formula is C5H7N5O4. The average molecular weight is 201 g/mol. The lowest BCUT2D eigenvalue weighted by Crippen LogP contribution is -2.27. The van der Waals surface area contributed by atoms with Crippen LogP contribution in [0, 0.1) is 5.21 Å². The van der Waals surface area contributed by atoms with E-state index in [2.05, 4.69) is 0 Å². The number of aromatic nitrogens is 3. The number of hydrogen-bond donors (Lipinski definition) is 5. The first kappa shape index (κ1) is 8.16. The highest BCUT2D eigenvalue weighted by Crippen LogP contribution is 2.29. The van der Waals surface area contributed by atoms with Gasteiger partial charge in [-0.2, -0.15) is 0 Å². The zero-order valence-electron chi connectivity index (χ0n) is 6.75. The van der Waals surface area contributed by atoms with Crippen molar-refractivity contribution in [2.45, 2.75) is 0 Å². The van der Waals surface area contributed by atoms with E-state index in [1.165, 1.54) is 0 Å². The van der Waals surface area contributed by atoms with Gasteiger partial charge in [0.25, 0.3) is 0 Å². The van der Waals surface area contributed by atoms with Gasteiger partial charge >= 0.3 is 11.7 Å². The van der Waals surface area contributed by atoms with Gasteiger partial charge in [-0.1, -0.05) is 4.73 Å². The van der Waals surface area contributed by atoms with Crippen molar-refractivity contribution in [1.29, 1.82) is 0 Å². The van der Waals surface area contributed by atoms with Gasteiger partial charge in [-0.05, 0) is 4.73 Å². The molecule has 0 aromatic carbocycles. The van der Waals surface area contributed by atoms with E-state index in [-0.39, 0.29) is 31.2 Å². The Kier molecular flexibility index (Phi) is 1.21. The first-order valence-corrected chi connectivity index (χ1v) is 3.48. The first-order chi connectivity index (χ1) is 6.46. The van der Waals surface area contributed by atoms with Gasteiger partial charge in [-0.25, -0.2) is 4.73 Å². The number of anilines is 2. The molecule has 2 rings (SSSR count). The fraction of sp³-hybridized carbons (Fsp3) is 0. The van der Waals surface area contributed by atoms with Crippen molar-refractivity contribution in [3.8, 4) is 6.01 Å². The minimum absolute atomic E-state index is 0.109. The van der Waals surface area contributed by atoms with Crippen LogP contribution < -0.4 is 16.2 Å². The van der Waals surface area contributed by atoms with E-state index in [1.807, 2.05) is 0 Å². The SMILES string of the molecule is Nc1c(N)n(O)c2c1n(O)c(O)[n+]2[O-]. The Bertz CT molecular complexity index is 439. The molecule has 2 aromatic heterocycles. The summed E-state index contributed by atoms with van der Waals surface area (Å²) in [6, 6.07) is -1.01. The van der Waals surface area contributed by atoms with Crippen LogP contribution in [0.15, 0.2) is 0 Å². The van der Waals surface area contributed by atoms with Gasteiger partial charge in [0, 0.05) is 0 Å². The van der Waals surface area contributed by atoms with Crippen LogP contribution in [0.5, 0.6) is 6.01 Å². The summed E-state index contributed by atoms with van der Waals surface area (Å²) in [4.78, 5) is 0. The van der Waals surface area contributed by atoms with Crippen molar-refractivity contribution in [3.63, 3.8) is 0 Å². The van der Waals surface area contributed by atoms with Crippen molar-refractivity contribution in [1.82, 2.24) is 9.46 Å². The molecule has 0 amide bonds. The molecule has 0 atom stereocenters. The van der Waals surface area contributed by atoms with Gasteiger partial charge in [0.05, 0.1) is 0 Å². The molecule has 9 heteroatoms. The highest BCUT2D eigenvalue weighted by atomic mass is 16.6. The second-order valence-corrected chi connectivity index (χ2v) is 2.69. The molecular weight excluding hydrogens is 194 g/mol. The highest BCUT2D eigenvalue weighted by Gasteiger charge is 2.30. The number of nitrogens with zero attached hydrogens (tertiary/aromatic N) is 3. The Morgan fingerprint density at radius 3 is 2.29 bits per heavy atom. The Morgan fingerprint density at radius 2 is 1.79 bits per heavy atom. The average Bonchev–Trinajstić information content (AvgIpc) is 2.51. The number of nitrogens with two attached hydrogens (primary N) is 2. The summed E-state index contributed by atoms with van der Waals surface area (Å²) in [6.45, 7) is 0. The van der Waals surface area contributed by atoms with Crippen LogP contribution in [-0.4, -0.2) is 25.0 Å². The molecule has 9 nitrogen and oxygen atoms in total. The molecule has 7 N–H and O–H groups in total. The Morgan fingerprint density at radius 1 is 1.21 bits per heavy atom. The minimum Gasteiger partial charge on any atom is -0.737 e. The third-order valence-corrected chi connectivity index (χ3v) is 1.95. The maximum absolute atomic E-state index is 11.1. The van der Waals surface area contributed by atoms with E-state index in [4.69, 9.17) is 16.6 Å².